The van der Waals surface area contributed by atoms with Crippen LogP contribution >= 0.6 is 0 Å². The number of ether oxygens (including phenoxy) is 2. The van der Waals surface area contributed by atoms with Crippen LogP contribution < -0.4 is 4.74 Å². The predicted molar refractivity (Wildman–Crippen MR) is 99.7 cm³/mol. The SMILES string of the molecule is CCCCCCOc1cccc(C(=O)OC(CC)CCCCC)c1. The van der Waals surface area contributed by atoms with Crippen LogP contribution in [0.3, 0.4) is 0 Å². The predicted octanol–water partition coefficient (Wildman–Crippen LogP) is 6.16. The summed E-state index contributed by atoms with van der Waals surface area (Å²) in [6.07, 6.45) is 10.0. The Bertz CT molecular complexity index is 456. The molecule has 0 spiro atoms. The van der Waals surface area contributed by atoms with E-state index in [0.29, 0.717) is 12.2 Å². The van der Waals surface area contributed by atoms with E-state index in [0.717, 1.165) is 31.4 Å². The number of unbranched alkanes of at least 4 members (excludes halogenated alkanes) is 5. The molecule has 0 aromatic heterocycles. The highest BCUT2D eigenvalue weighted by atomic mass is 16.5. The first-order valence-corrected chi connectivity index (χ1v) is 9.65. The van der Waals surface area contributed by atoms with Crippen molar-refractivity contribution >= 4 is 5.97 Å². The average Bonchev–Trinajstić information content (AvgIpc) is 2.61. The van der Waals surface area contributed by atoms with Gasteiger partial charge >= 0.3 is 5.97 Å². The molecule has 0 aliphatic carbocycles. The highest BCUT2D eigenvalue weighted by Gasteiger charge is 2.14. The third-order valence-electron chi connectivity index (χ3n) is 4.20. The van der Waals surface area contributed by atoms with Crippen LogP contribution in [-0.4, -0.2) is 18.7 Å². The van der Waals surface area contributed by atoms with Gasteiger partial charge in [-0.15, -0.1) is 0 Å². The average molecular weight is 335 g/mol. The third kappa shape index (κ3) is 8.37. The molecule has 0 aliphatic heterocycles. The van der Waals surface area contributed by atoms with Crippen molar-refractivity contribution in [3.05, 3.63) is 29.8 Å². The van der Waals surface area contributed by atoms with E-state index in [-0.39, 0.29) is 12.1 Å². The lowest BCUT2D eigenvalue weighted by Crippen LogP contribution is -2.17. The first-order valence-electron chi connectivity index (χ1n) is 9.65. The third-order valence-corrected chi connectivity index (χ3v) is 4.20. The van der Waals surface area contributed by atoms with E-state index in [1.54, 1.807) is 12.1 Å². The summed E-state index contributed by atoms with van der Waals surface area (Å²) in [5, 5.41) is 0. The number of benzene rings is 1. The molecular weight excluding hydrogens is 300 g/mol. The van der Waals surface area contributed by atoms with Crippen molar-refractivity contribution in [3.63, 3.8) is 0 Å². The number of carbonyl (C=O) groups excluding carboxylic acids is 1. The zero-order chi connectivity index (χ0) is 17.6. The molecule has 0 saturated heterocycles. The normalized spacial score (nSPS) is 12.0. The van der Waals surface area contributed by atoms with E-state index >= 15 is 0 Å². The zero-order valence-electron chi connectivity index (χ0n) is 15.7. The summed E-state index contributed by atoms with van der Waals surface area (Å²) in [5.41, 5.74) is 0.579. The Morgan fingerprint density at radius 3 is 2.46 bits per heavy atom. The van der Waals surface area contributed by atoms with Gasteiger partial charge in [-0.2, -0.15) is 0 Å². The van der Waals surface area contributed by atoms with Crippen LogP contribution in [0.15, 0.2) is 24.3 Å². The Morgan fingerprint density at radius 2 is 1.75 bits per heavy atom. The molecule has 1 aromatic carbocycles. The molecule has 136 valence electrons. The van der Waals surface area contributed by atoms with E-state index in [4.69, 9.17) is 9.47 Å². The van der Waals surface area contributed by atoms with Gasteiger partial charge in [0.2, 0.25) is 0 Å². The van der Waals surface area contributed by atoms with E-state index < -0.39 is 0 Å². The standard InChI is InChI=1S/C21H34O3/c1-4-7-9-11-16-23-20-15-12-13-18(17-20)21(22)24-19(6-3)14-10-8-5-2/h12-13,15,17,19H,4-11,14,16H2,1-3H3. The highest BCUT2D eigenvalue weighted by Crippen LogP contribution is 2.17. The fraction of sp³-hybridized carbons (Fsp3) is 0.667. The van der Waals surface area contributed by atoms with Crippen molar-refractivity contribution < 1.29 is 14.3 Å². The monoisotopic (exact) mass is 334 g/mol. The lowest BCUT2D eigenvalue weighted by molar-refractivity contribution is 0.0267. The minimum absolute atomic E-state index is 0.0164. The van der Waals surface area contributed by atoms with Gasteiger partial charge < -0.3 is 9.47 Å². The molecule has 0 radical (unpaired) electrons. The summed E-state index contributed by atoms with van der Waals surface area (Å²) in [6, 6.07) is 7.34. The van der Waals surface area contributed by atoms with E-state index in [1.807, 2.05) is 12.1 Å². The zero-order valence-corrected chi connectivity index (χ0v) is 15.7. The molecule has 3 heteroatoms. The Balaban J connectivity index is 2.47. The maximum atomic E-state index is 12.3. The molecule has 0 N–H and O–H groups in total. The van der Waals surface area contributed by atoms with Crippen molar-refractivity contribution in [2.45, 2.75) is 84.7 Å². The highest BCUT2D eigenvalue weighted by molar-refractivity contribution is 5.89. The first kappa shape index (κ1) is 20.5. The van der Waals surface area contributed by atoms with Crippen molar-refractivity contribution in [2.24, 2.45) is 0 Å². The minimum atomic E-state index is -0.241. The largest absolute Gasteiger partial charge is 0.494 e. The van der Waals surface area contributed by atoms with Crippen LogP contribution in [0.1, 0.15) is 88.9 Å². The Kier molecular flexibility index (Phi) is 11.0. The van der Waals surface area contributed by atoms with Crippen LogP contribution in [-0.2, 0) is 4.74 Å². The van der Waals surface area contributed by atoms with E-state index in [1.165, 1.54) is 32.1 Å². The van der Waals surface area contributed by atoms with Gasteiger partial charge in [0.05, 0.1) is 12.2 Å². The van der Waals surface area contributed by atoms with Gasteiger partial charge in [-0.1, -0.05) is 58.9 Å². The number of rotatable bonds is 13. The molecule has 0 aliphatic rings. The molecule has 1 atom stereocenters. The van der Waals surface area contributed by atoms with Crippen LogP contribution in [0.2, 0.25) is 0 Å². The second-order valence-corrected chi connectivity index (χ2v) is 6.37. The van der Waals surface area contributed by atoms with Gasteiger partial charge in [0.25, 0.3) is 0 Å². The fourth-order valence-corrected chi connectivity index (χ4v) is 2.62. The summed E-state index contributed by atoms with van der Waals surface area (Å²) in [7, 11) is 0. The second-order valence-electron chi connectivity index (χ2n) is 6.37. The number of esters is 1. The summed E-state index contributed by atoms with van der Waals surface area (Å²) in [6.45, 7) is 7.15. The van der Waals surface area contributed by atoms with Gasteiger partial charge in [0.15, 0.2) is 0 Å². The van der Waals surface area contributed by atoms with Gasteiger partial charge in [-0.25, -0.2) is 4.79 Å². The molecule has 1 aromatic rings. The topological polar surface area (TPSA) is 35.5 Å². The Labute approximate surface area is 147 Å². The van der Waals surface area contributed by atoms with Crippen LogP contribution in [0.4, 0.5) is 0 Å². The van der Waals surface area contributed by atoms with Crippen LogP contribution in [0, 0.1) is 0 Å². The Morgan fingerprint density at radius 1 is 1.00 bits per heavy atom. The van der Waals surface area contributed by atoms with Crippen molar-refractivity contribution in [1.82, 2.24) is 0 Å². The number of hydrogen-bond acceptors (Lipinski definition) is 3. The Hall–Kier alpha value is -1.51. The molecule has 1 rings (SSSR count). The molecule has 0 amide bonds. The lowest BCUT2D eigenvalue weighted by Gasteiger charge is -2.16. The van der Waals surface area contributed by atoms with Crippen molar-refractivity contribution in [1.29, 1.82) is 0 Å². The second kappa shape index (κ2) is 12.9. The van der Waals surface area contributed by atoms with Gasteiger partial charge in [-0.05, 0) is 43.9 Å². The molecule has 3 nitrogen and oxygen atoms in total. The van der Waals surface area contributed by atoms with E-state index in [2.05, 4.69) is 20.8 Å². The molecule has 24 heavy (non-hydrogen) atoms. The molecule has 0 fully saturated rings. The van der Waals surface area contributed by atoms with Gasteiger partial charge in [-0.3, -0.25) is 0 Å². The summed E-state index contributed by atoms with van der Waals surface area (Å²) in [5.74, 6) is 0.509. The van der Waals surface area contributed by atoms with Crippen LogP contribution in [0.25, 0.3) is 0 Å². The summed E-state index contributed by atoms with van der Waals surface area (Å²) in [4.78, 5) is 12.3. The van der Waals surface area contributed by atoms with Crippen molar-refractivity contribution in [3.8, 4) is 5.75 Å². The lowest BCUT2D eigenvalue weighted by atomic mass is 10.1. The summed E-state index contributed by atoms with van der Waals surface area (Å²) >= 11 is 0. The molecule has 0 heterocycles. The molecule has 1 unspecified atom stereocenters. The quantitative estimate of drug-likeness (QED) is 0.320. The molecule has 0 bridgehead atoms. The summed E-state index contributed by atoms with van der Waals surface area (Å²) < 4.78 is 11.4. The van der Waals surface area contributed by atoms with Gasteiger partial charge in [0.1, 0.15) is 11.9 Å². The molecule has 0 saturated carbocycles. The minimum Gasteiger partial charge on any atom is -0.494 e. The van der Waals surface area contributed by atoms with Gasteiger partial charge in [0, 0.05) is 0 Å². The smallest absolute Gasteiger partial charge is 0.338 e. The first-order chi connectivity index (χ1) is 11.7. The maximum absolute atomic E-state index is 12.3. The fourth-order valence-electron chi connectivity index (χ4n) is 2.62. The number of carbonyl (C=O) groups is 1. The maximum Gasteiger partial charge on any atom is 0.338 e. The van der Waals surface area contributed by atoms with Crippen LogP contribution in [0.5, 0.6) is 5.75 Å². The number of hydrogen-bond donors (Lipinski definition) is 0. The van der Waals surface area contributed by atoms with Crippen molar-refractivity contribution in [2.75, 3.05) is 6.61 Å². The molecular formula is C21H34O3. The van der Waals surface area contributed by atoms with E-state index in [9.17, 15) is 4.79 Å².